The number of hydrogen-bond donors (Lipinski definition) is 1. The molecule has 1 N–H and O–H groups in total. The minimum absolute atomic E-state index is 0.0877. The number of anilines is 1. The highest BCUT2D eigenvalue weighted by molar-refractivity contribution is 7.99. The molecule has 0 spiro atoms. The molecule has 5 nitrogen and oxygen atoms in total. The lowest BCUT2D eigenvalue weighted by molar-refractivity contribution is -0.113. The third-order valence-electron chi connectivity index (χ3n) is 3.76. The molecule has 0 saturated heterocycles. The van der Waals surface area contributed by atoms with Crippen LogP contribution in [0, 0.1) is 0 Å². The molecular formula is C17H15ClN4OS2. The molecule has 2 heterocycles. The van der Waals surface area contributed by atoms with Crippen LogP contribution in [0.4, 0.5) is 5.69 Å². The van der Waals surface area contributed by atoms with Crippen LogP contribution in [0.25, 0.3) is 10.7 Å². The van der Waals surface area contributed by atoms with Gasteiger partial charge >= 0.3 is 0 Å². The van der Waals surface area contributed by atoms with Crippen LogP contribution < -0.4 is 5.32 Å². The van der Waals surface area contributed by atoms with E-state index in [0.29, 0.717) is 16.8 Å². The molecule has 3 aromatic rings. The van der Waals surface area contributed by atoms with Crippen LogP contribution in [0.5, 0.6) is 0 Å². The van der Waals surface area contributed by atoms with Gasteiger partial charge in [-0.1, -0.05) is 35.5 Å². The van der Waals surface area contributed by atoms with Crippen molar-refractivity contribution in [3.05, 3.63) is 46.8 Å². The summed E-state index contributed by atoms with van der Waals surface area (Å²) < 4.78 is 2.17. The number of rotatable bonds is 6. The Labute approximate surface area is 158 Å². The number of aromatic nitrogens is 3. The van der Waals surface area contributed by atoms with Crippen LogP contribution in [0.3, 0.4) is 0 Å². The Hall–Kier alpha value is -1.83. The van der Waals surface area contributed by atoms with Crippen molar-refractivity contribution in [1.29, 1.82) is 0 Å². The van der Waals surface area contributed by atoms with E-state index in [2.05, 4.69) is 20.1 Å². The Bertz CT molecular complexity index is 890. The Morgan fingerprint density at radius 2 is 2.20 bits per heavy atom. The minimum Gasteiger partial charge on any atom is -0.325 e. The molecule has 1 aliphatic rings. The van der Waals surface area contributed by atoms with E-state index in [-0.39, 0.29) is 11.7 Å². The predicted molar refractivity (Wildman–Crippen MR) is 102 cm³/mol. The quantitative estimate of drug-likeness (QED) is 0.618. The molecule has 0 radical (unpaired) electrons. The number of amides is 1. The van der Waals surface area contributed by atoms with Crippen LogP contribution >= 0.6 is 34.7 Å². The van der Waals surface area contributed by atoms with E-state index in [1.54, 1.807) is 23.5 Å². The zero-order chi connectivity index (χ0) is 17.2. The van der Waals surface area contributed by atoms with Gasteiger partial charge in [-0.3, -0.25) is 9.36 Å². The molecule has 0 unspecified atom stereocenters. The van der Waals surface area contributed by atoms with E-state index in [1.165, 1.54) is 11.8 Å². The van der Waals surface area contributed by atoms with Crippen molar-refractivity contribution in [2.45, 2.75) is 24.0 Å². The average molecular weight is 391 g/mol. The molecule has 2 aromatic heterocycles. The van der Waals surface area contributed by atoms with Gasteiger partial charge in [0.2, 0.25) is 5.91 Å². The van der Waals surface area contributed by atoms with Crippen molar-refractivity contribution in [3.8, 4) is 10.7 Å². The molecular weight excluding hydrogens is 376 g/mol. The molecule has 1 amide bonds. The fraction of sp³-hybridized carbons (Fsp3) is 0.235. The molecule has 0 aliphatic heterocycles. The lowest BCUT2D eigenvalue weighted by Gasteiger charge is -2.08. The van der Waals surface area contributed by atoms with E-state index in [9.17, 15) is 4.79 Å². The van der Waals surface area contributed by atoms with Gasteiger partial charge in [-0.05, 0) is 42.5 Å². The molecule has 8 heteroatoms. The first-order valence-corrected chi connectivity index (χ1v) is 10.1. The molecule has 1 aromatic carbocycles. The smallest absolute Gasteiger partial charge is 0.234 e. The lowest BCUT2D eigenvalue weighted by Crippen LogP contribution is -2.14. The first-order chi connectivity index (χ1) is 12.2. The third-order valence-corrected chi connectivity index (χ3v) is 5.80. The van der Waals surface area contributed by atoms with Gasteiger partial charge in [0.1, 0.15) is 0 Å². The topological polar surface area (TPSA) is 59.8 Å². The van der Waals surface area contributed by atoms with Crippen molar-refractivity contribution < 1.29 is 4.79 Å². The van der Waals surface area contributed by atoms with Gasteiger partial charge in [0.05, 0.1) is 10.6 Å². The maximum absolute atomic E-state index is 12.2. The van der Waals surface area contributed by atoms with Crippen LogP contribution in [0.1, 0.15) is 18.9 Å². The number of nitrogens with one attached hydrogen (secondary N) is 1. The summed E-state index contributed by atoms with van der Waals surface area (Å²) in [5.41, 5.74) is 0.695. The van der Waals surface area contributed by atoms with Crippen molar-refractivity contribution in [1.82, 2.24) is 14.8 Å². The Morgan fingerprint density at radius 3 is 2.92 bits per heavy atom. The number of thioether (sulfide) groups is 1. The summed E-state index contributed by atoms with van der Waals surface area (Å²) in [6.45, 7) is 0. The molecule has 1 fully saturated rings. The predicted octanol–water partition coefficient (Wildman–Crippen LogP) is 4.73. The summed E-state index contributed by atoms with van der Waals surface area (Å²) in [6, 6.07) is 11.6. The highest BCUT2D eigenvalue weighted by Crippen LogP contribution is 2.41. The largest absolute Gasteiger partial charge is 0.325 e. The first kappa shape index (κ1) is 16.6. The maximum Gasteiger partial charge on any atom is 0.234 e. The van der Waals surface area contributed by atoms with Crippen molar-refractivity contribution in [2.24, 2.45) is 0 Å². The van der Waals surface area contributed by atoms with Gasteiger partial charge < -0.3 is 5.32 Å². The van der Waals surface area contributed by atoms with Crippen LogP contribution in [0.2, 0.25) is 5.02 Å². The molecule has 1 aliphatic carbocycles. The second kappa shape index (κ2) is 7.19. The lowest BCUT2D eigenvalue weighted by atomic mass is 10.3. The number of nitrogens with zero attached hydrogens (tertiary/aromatic N) is 3. The molecule has 4 rings (SSSR count). The van der Waals surface area contributed by atoms with Gasteiger partial charge in [-0.25, -0.2) is 0 Å². The normalized spacial score (nSPS) is 13.8. The van der Waals surface area contributed by atoms with Crippen LogP contribution in [0.15, 0.2) is 46.9 Å². The van der Waals surface area contributed by atoms with Crippen molar-refractivity contribution in [2.75, 3.05) is 11.1 Å². The summed E-state index contributed by atoms with van der Waals surface area (Å²) in [5, 5.41) is 14.9. The van der Waals surface area contributed by atoms with E-state index < -0.39 is 0 Å². The third kappa shape index (κ3) is 3.89. The van der Waals surface area contributed by atoms with E-state index in [1.807, 2.05) is 29.6 Å². The van der Waals surface area contributed by atoms with Gasteiger partial charge in [-0.15, -0.1) is 21.5 Å². The number of halogens is 1. The number of hydrogen-bond acceptors (Lipinski definition) is 5. The first-order valence-electron chi connectivity index (χ1n) is 7.88. The SMILES string of the molecule is O=C(CSc1nnc(-c2cccs2)n1C1CC1)Nc1cccc(Cl)c1. The number of thiophene rings is 1. The zero-order valence-electron chi connectivity index (χ0n) is 13.2. The molecule has 1 saturated carbocycles. The summed E-state index contributed by atoms with van der Waals surface area (Å²) in [7, 11) is 0. The molecule has 25 heavy (non-hydrogen) atoms. The molecule has 128 valence electrons. The van der Waals surface area contributed by atoms with E-state index in [0.717, 1.165) is 28.7 Å². The monoisotopic (exact) mass is 390 g/mol. The van der Waals surface area contributed by atoms with Gasteiger partial charge in [-0.2, -0.15) is 0 Å². The Kier molecular flexibility index (Phi) is 4.78. The Balaban J connectivity index is 1.45. The van der Waals surface area contributed by atoms with Crippen LogP contribution in [-0.4, -0.2) is 26.4 Å². The summed E-state index contributed by atoms with van der Waals surface area (Å²) in [4.78, 5) is 13.3. The summed E-state index contributed by atoms with van der Waals surface area (Å²) >= 11 is 9.00. The van der Waals surface area contributed by atoms with E-state index >= 15 is 0 Å². The highest BCUT2D eigenvalue weighted by Gasteiger charge is 2.30. The summed E-state index contributed by atoms with van der Waals surface area (Å²) in [5.74, 6) is 1.09. The number of carbonyl (C=O) groups is 1. The van der Waals surface area contributed by atoms with Gasteiger partial charge in [0.15, 0.2) is 11.0 Å². The number of carbonyl (C=O) groups excluding carboxylic acids is 1. The molecule has 0 atom stereocenters. The van der Waals surface area contributed by atoms with Crippen molar-refractivity contribution in [3.63, 3.8) is 0 Å². The highest BCUT2D eigenvalue weighted by atomic mass is 35.5. The second-order valence-electron chi connectivity index (χ2n) is 5.73. The maximum atomic E-state index is 12.2. The van der Waals surface area contributed by atoms with Crippen LogP contribution in [-0.2, 0) is 4.79 Å². The number of benzene rings is 1. The van der Waals surface area contributed by atoms with E-state index in [4.69, 9.17) is 11.6 Å². The van der Waals surface area contributed by atoms with Gasteiger partial charge in [0.25, 0.3) is 0 Å². The standard InChI is InChI=1S/C17H15ClN4OS2/c18-11-3-1-4-12(9-11)19-15(23)10-25-17-21-20-16(14-5-2-8-24-14)22(17)13-6-7-13/h1-5,8-9,13H,6-7,10H2,(H,19,23). The molecule has 0 bridgehead atoms. The minimum atomic E-state index is -0.0877. The average Bonchev–Trinajstić information content (AvgIpc) is 3.11. The fourth-order valence-electron chi connectivity index (χ4n) is 2.50. The second-order valence-corrected chi connectivity index (χ2v) is 8.06. The van der Waals surface area contributed by atoms with Crippen molar-refractivity contribution >= 4 is 46.3 Å². The fourth-order valence-corrected chi connectivity index (χ4v) is 4.21. The Morgan fingerprint density at radius 1 is 1.32 bits per heavy atom. The summed E-state index contributed by atoms with van der Waals surface area (Å²) in [6.07, 6.45) is 2.28. The van der Waals surface area contributed by atoms with Gasteiger partial charge in [0, 0.05) is 16.8 Å². The zero-order valence-corrected chi connectivity index (χ0v) is 15.6.